The van der Waals surface area contributed by atoms with E-state index in [1.54, 1.807) is 0 Å². The average molecular weight is 542 g/mol. The van der Waals surface area contributed by atoms with Gasteiger partial charge in [0, 0.05) is 31.3 Å². The van der Waals surface area contributed by atoms with Gasteiger partial charge in [-0.05, 0) is 29.7 Å². The molecule has 0 radical (unpaired) electrons. The smallest absolute Gasteiger partial charge is 0.307 e. The van der Waals surface area contributed by atoms with Crippen LogP contribution in [0.5, 0.6) is 11.5 Å². The number of hydrogen-bond donors (Lipinski definition) is 0. The summed E-state index contributed by atoms with van der Waals surface area (Å²) in [7, 11) is 0. The van der Waals surface area contributed by atoms with E-state index >= 15 is 0 Å². The zero-order chi connectivity index (χ0) is 25.7. The van der Waals surface area contributed by atoms with Crippen molar-refractivity contribution < 1.29 is 14.3 Å². The maximum absolute atomic E-state index is 12.4. The van der Waals surface area contributed by atoms with E-state index in [9.17, 15) is 4.79 Å². The third kappa shape index (κ3) is 9.02. The molecule has 2 aromatic rings. The topological polar surface area (TPSA) is 38.8 Å². The first-order valence-corrected chi connectivity index (χ1v) is 15.0. The number of carbonyl (C=O) groups excluding carboxylic acids is 1. The maximum atomic E-state index is 12.4. The minimum atomic E-state index is -0.0562. The molecule has 0 amide bonds. The second-order valence-corrected chi connectivity index (χ2v) is 11.1. The number of likely N-dealkylation sites (tertiary alicyclic amines) is 1. The number of para-hydroxylation sites is 2. The summed E-state index contributed by atoms with van der Waals surface area (Å²) in [6.07, 6.45) is 17.6. The van der Waals surface area contributed by atoms with Crippen molar-refractivity contribution >= 4 is 18.4 Å². The summed E-state index contributed by atoms with van der Waals surface area (Å²) < 4.78 is 12.0. The second kappa shape index (κ2) is 16.8. The molecule has 2 atom stereocenters. The fourth-order valence-corrected chi connectivity index (χ4v) is 6.02. The Bertz CT molecular complexity index is 911. The van der Waals surface area contributed by atoms with E-state index in [0.717, 1.165) is 37.4 Å². The number of benzene rings is 2. The van der Waals surface area contributed by atoms with Crippen LogP contribution in [0.3, 0.4) is 0 Å². The lowest BCUT2D eigenvalue weighted by Crippen LogP contribution is -2.26. The Morgan fingerprint density at radius 2 is 1.18 bits per heavy atom. The van der Waals surface area contributed by atoms with Crippen LogP contribution in [-0.4, -0.2) is 30.7 Å². The maximum Gasteiger partial charge on any atom is 0.307 e. The van der Waals surface area contributed by atoms with Crippen LogP contribution in [0.25, 0.3) is 0 Å². The van der Waals surface area contributed by atoms with Gasteiger partial charge in [0.05, 0.1) is 0 Å². The summed E-state index contributed by atoms with van der Waals surface area (Å²) >= 11 is 0. The van der Waals surface area contributed by atoms with Gasteiger partial charge in [-0.25, -0.2) is 0 Å². The zero-order valence-electron chi connectivity index (χ0n) is 23.4. The molecule has 210 valence electrons. The Balaban J connectivity index is 0.00000400. The van der Waals surface area contributed by atoms with Crippen molar-refractivity contribution in [3.05, 3.63) is 59.7 Å². The minimum Gasteiger partial charge on any atom is -0.457 e. The van der Waals surface area contributed by atoms with Gasteiger partial charge in [0.2, 0.25) is 0 Å². The molecule has 0 aliphatic carbocycles. The molecule has 2 aliphatic rings. The van der Waals surface area contributed by atoms with Crippen molar-refractivity contribution in [1.29, 1.82) is 0 Å². The number of unbranched alkanes of at least 4 members (excludes halogenated alkanes) is 12. The molecule has 0 spiro atoms. The summed E-state index contributed by atoms with van der Waals surface area (Å²) in [4.78, 5) is 14.7. The first kappa shape index (κ1) is 30.5. The van der Waals surface area contributed by atoms with E-state index in [2.05, 4.69) is 48.2 Å². The van der Waals surface area contributed by atoms with Crippen LogP contribution in [0, 0.1) is 0 Å². The van der Waals surface area contributed by atoms with Gasteiger partial charge in [-0.2, -0.15) is 0 Å². The molecule has 1 saturated heterocycles. The van der Waals surface area contributed by atoms with Gasteiger partial charge in [-0.1, -0.05) is 120 Å². The van der Waals surface area contributed by atoms with Crippen LogP contribution in [0.1, 0.15) is 120 Å². The monoisotopic (exact) mass is 541 g/mol. The predicted octanol–water partition coefficient (Wildman–Crippen LogP) is 9.38. The number of carbonyl (C=O) groups is 1. The van der Waals surface area contributed by atoms with Crippen LogP contribution in [0.4, 0.5) is 0 Å². The van der Waals surface area contributed by atoms with E-state index in [1.807, 2.05) is 12.1 Å². The third-order valence-corrected chi connectivity index (χ3v) is 8.14. The highest BCUT2D eigenvalue weighted by Crippen LogP contribution is 2.49. The first-order chi connectivity index (χ1) is 18.3. The molecule has 0 saturated carbocycles. The minimum absolute atomic E-state index is 0. The van der Waals surface area contributed by atoms with E-state index in [1.165, 1.54) is 81.8 Å². The van der Waals surface area contributed by atoms with E-state index < -0.39 is 0 Å². The molecule has 1 fully saturated rings. The van der Waals surface area contributed by atoms with Gasteiger partial charge in [0.1, 0.15) is 18.2 Å². The van der Waals surface area contributed by atoms with Gasteiger partial charge in [0.15, 0.2) is 0 Å². The number of nitrogens with zero attached hydrogens (tertiary/aromatic N) is 1. The number of rotatable bonds is 16. The third-order valence-electron chi connectivity index (χ3n) is 8.14. The van der Waals surface area contributed by atoms with Crippen LogP contribution >= 0.6 is 12.4 Å². The molecule has 0 aromatic heterocycles. The number of esters is 1. The SMILES string of the molecule is CCCCCCCCCCCCCCCC(=O)OCN1CC2c3ccccc3Oc3ccccc3C2C1.Cl. The molecule has 0 bridgehead atoms. The molecule has 4 rings (SSSR count). The Morgan fingerprint density at radius 3 is 1.68 bits per heavy atom. The van der Waals surface area contributed by atoms with Gasteiger partial charge in [-0.3, -0.25) is 9.69 Å². The van der Waals surface area contributed by atoms with Gasteiger partial charge in [-0.15, -0.1) is 12.4 Å². The van der Waals surface area contributed by atoms with Crippen LogP contribution < -0.4 is 4.74 Å². The number of halogens is 1. The van der Waals surface area contributed by atoms with E-state index in [4.69, 9.17) is 9.47 Å². The van der Waals surface area contributed by atoms with Crippen molar-refractivity contribution in [2.45, 2.75) is 109 Å². The largest absolute Gasteiger partial charge is 0.457 e. The van der Waals surface area contributed by atoms with Gasteiger partial charge >= 0.3 is 5.97 Å². The average Bonchev–Trinajstić information content (AvgIpc) is 3.29. The lowest BCUT2D eigenvalue weighted by atomic mass is 9.84. The molecular weight excluding hydrogens is 494 g/mol. The van der Waals surface area contributed by atoms with E-state index in [-0.39, 0.29) is 18.4 Å². The first-order valence-electron chi connectivity index (χ1n) is 15.0. The second-order valence-electron chi connectivity index (χ2n) is 11.1. The van der Waals surface area contributed by atoms with Gasteiger partial charge in [0.25, 0.3) is 0 Å². The number of hydrogen-bond acceptors (Lipinski definition) is 4. The molecule has 38 heavy (non-hydrogen) atoms. The fourth-order valence-electron chi connectivity index (χ4n) is 6.02. The van der Waals surface area contributed by atoms with Crippen molar-refractivity contribution in [3.63, 3.8) is 0 Å². The Hall–Kier alpha value is -2.04. The summed E-state index contributed by atoms with van der Waals surface area (Å²) in [5.74, 6) is 2.53. The summed E-state index contributed by atoms with van der Waals surface area (Å²) in [5, 5.41) is 0. The Morgan fingerprint density at radius 1 is 0.737 bits per heavy atom. The normalized spacial score (nSPS) is 17.9. The Kier molecular flexibility index (Phi) is 13.5. The van der Waals surface area contributed by atoms with Crippen molar-refractivity contribution in [2.24, 2.45) is 0 Å². The highest BCUT2D eigenvalue weighted by molar-refractivity contribution is 5.85. The summed E-state index contributed by atoms with van der Waals surface area (Å²) in [6, 6.07) is 16.7. The lowest BCUT2D eigenvalue weighted by Gasteiger charge is -2.17. The standard InChI is InChI=1S/C33H47NO3.ClH/c1-2-3-4-5-6-7-8-9-10-11-12-13-14-23-33(35)36-26-34-24-29-27-19-15-17-21-31(27)37-32-22-18-16-20-28(32)30(29)25-34;/h15-22,29-30H,2-14,23-26H2,1H3;1H. The molecule has 4 nitrogen and oxygen atoms in total. The van der Waals surface area contributed by atoms with Crippen molar-refractivity contribution in [1.82, 2.24) is 4.90 Å². The van der Waals surface area contributed by atoms with Crippen LogP contribution in [0.15, 0.2) is 48.5 Å². The highest BCUT2D eigenvalue weighted by atomic mass is 35.5. The highest BCUT2D eigenvalue weighted by Gasteiger charge is 2.39. The molecule has 5 heteroatoms. The van der Waals surface area contributed by atoms with E-state index in [0.29, 0.717) is 25.0 Å². The number of ether oxygens (including phenoxy) is 2. The van der Waals surface area contributed by atoms with Crippen LogP contribution in [0.2, 0.25) is 0 Å². The Labute approximate surface area is 236 Å². The number of fused-ring (bicyclic) bond motifs is 5. The molecule has 2 unspecified atom stereocenters. The summed E-state index contributed by atoms with van der Waals surface area (Å²) in [6.45, 7) is 4.42. The van der Waals surface area contributed by atoms with Crippen molar-refractivity contribution in [3.8, 4) is 11.5 Å². The molecule has 0 N–H and O–H groups in total. The molecule has 2 aromatic carbocycles. The lowest BCUT2D eigenvalue weighted by molar-refractivity contribution is -0.148. The molecule has 2 heterocycles. The zero-order valence-corrected chi connectivity index (χ0v) is 24.2. The molecular formula is C33H48ClNO3. The quantitative estimate of drug-likeness (QED) is 0.157. The van der Waals surface area contributed by atoms with Gasteiger partial charge < -0.3 is 9.47 Å². The summed E-state index contributed by atoms with van der Waals surface area (Å²) in [5.41, 5.74) is 2.51. The molecule has 2 aliphatic heterocycles. The van der Waals surface area contributed by atoms with Crippen molar-refractivity contribution in [2.75, 3.05) is 19.8 Å². The van der Waals surface area contributed by atoms with Crippen LogP contribution in [-0.2, 0) is 9.53 Å². The fraction of sp³-hybridized carbons (Fsp3) is 0.606. The predicted molar refractivity (Wildman–Crippen MR) is 159 cm³/mol.